The number of hydrogen-bond donors (Lipinski definition) is 0. The predicted octanol–water partition coefficient (Wildman–Crippen LogP) is 6.33. The molecule has 0 aliphatic carbocycles. The average molecular weight is 458 g/mol. The first-order valence-electron chi connectivity index (χ1n) is 9.82. The van der Waals surface area contributed by atoms with Crippen molar-refractivity contribution in [2.24, 2.45) is 0 Å². The number of halogens is 1. The van der Waals surface area contributed by atoms with Crippen LogP contribution in [0.5, 0.6) is 0 Å². The van der Waals surface area contributed by atoms with Crippen LogP contribution in [0.25, 0.3) is 16.8 Å². The maximum absolute atomic E-state index is 13.5. The third-order valence-corrected chi connectivity index (χ3v) is 7.46. The number of hydrogen-bond acceptors (Lipinski definition) is 4. The predicted molar refractivity (Wildman–Crippen MR) is 128 cm³/mol. The van der Waals surface area contributed by atoms with Gasteiger partial charge in [-0.15, -0.1) is 11.6 Å². The number of carbonyl (C=O) groups excluding carboxylic acids is 1. The van der Waals surface area contributed by atoms with Gasteiger partial charge in [0.15, 0.2) is 0 Å². The first-order valence-corrected chi connectivity index (χ1v) is 12.0. The van der Waals surface area contributed by atoms with Crippen molar-refractivity contribution < 1.29 is 18.4 Å². The zero-order valence-electron chi connectivity index (χ0n) is 17.5. The number of anilines is 1. The number of amides is 1. The van der Waals surface area contributed by atoms with Gasteiger partial charge in [0.1, 0.15) is 11.7 Å². The van der Waals surface area contributed by atoms with Crippen LogP contribution < -0.4 is 4.90 Å². The van der Waals surface area contributed by atoms with Crippen LogP contribution in [0.3, 0.4) is 0 Å². The zero-order valence-corrected chi connectivity index (χ0v) is 19.1. The Morgan fingerprint density at radius 1 is 1.00 bits per heavy atom. The van der Waals surface area contributed by atoms with Gasteiger partial charge in [-0.1, -0.05) is 78.9 Å². The van der Waals surface area contributed by atoms with E-state index in [1.54, 1.807) is 0 Å². The molecule has 0 radical (unpaired) electrons. The molecular weight excluding hydrogens is 433 g/mol. The van der Waals surface area contributed by atoms with Crippen LogP contribution in [-0.2, 0) is 18.4 Å². The van der Waals surface area contributed by atoms with Gasteiger partial charge in [0.2, 0.25) is 5.91 Å². The molecule has 3 aromatic carbocycles. The number of benzene rings is 3. The van der Waals surface area contributed by atoms with Crippen molar-refractivity contribution >= 4 is 47.6 Å². The van der Waals surface area contributed by atoms with Crippen molar-refractivity contribution in [2.75, 3.05) is 25.0 Å². The number of fused-ring (bicyclic) bond motifs is 1. The van der Waals surface area contributed by atoms with Crippen LogP contribution in [0, 0.1) is 0 Å². The summed E-state index contributed by atoms with van der Waals surface area (Å²) in [4.78, 5) is 14.5. The number of nitrogens with zero attached hydrogens (tertiary/aromatic N) is 1. The fraction of sp³-hybridized carbons (Fsp3) is 0.208. The molecule has 0 bridgehead atoms. The van der Waals surface area contributed by atoms with Gasteiger partial charge >= 0.3 is 7.60 Å². The summed E-state index contributed by atoms with van der Waals surface area (Å²) in [7, 11) is -1.04. The topological polar surface area (TPSA) is 55.8 Å². The summed E-state index contributed by atoms with van der Waals surface area (Å²) in [5, 5.41) is 1.80. The lowest BCUT2D eigenvalue weighted by molar-refractivity contribution is -0.116. The van der Waals surface area contributed by atoms with Gasteiger partial charge in [-0.25, -0.2) is 0 Å². The van der Waals surface area contributed by atoms with E-state index in [0.717, 1.165) is 16.3 Å². The largest absolute Gasteiger partial charge is 0.353 e. The molecule has 0 spiro atoms. The molecule has 0 N–H and O–H groups in total. The zero-order chi connectivity index (χ0) is 22.3. The van der Waals surface area contributed by atoms with E-state index in [-0.39, 0.29) is 18.2 Å². The van der Waals surface area contributed by atoms with E-state index in [2.05, 4.69) is 0 Å². The molecule has 0 heterocycles. The van der Waals surface area contributed by atoms with E-state index in [0.29, 0.717) is 5.69 Å². The fourth-order valence-electron chi connectivity index (χ4n) is 3.53. The minimum Gasteiger partial charge on any atom is -0.310 e. The second-order valence-electron chi connectivity index (χ2n) is 6.83. The third kappa shape index (κ3) is 5.25. The molecule has 1 amide bonds. The first-order chi connectivity index (χ1) is 15.0. The van der Waals surface area contributed by atoms with E-state index < -0.39 is 13.4 Å². The summed E-state index contributed by atoms with van der Waals surface area (Å²) in [6.45, 7) is 0. The third-order valence-electron chi connectivity index (χ3n) is 5.04. The van der Waals surface area contributed by atoms with Gasteiger partial charge in [-0.3, -0.25) is 14.3 Å². The summed E-state index contributed by atoms with van der Waals surface area (Å²) < 4.78 is 24.2. The molecule has 162 valence electrons. The smallest absolute Gasteiger partial charge is 0.310 e. The Kier molecular flexibility index (Phi) is 8.05. The second-order valence-corrected chi connectivity index (χ2v) is 9.50. The normalized spacial score (nSPS) is 12.9. The Bertz CT molecular complexity index is 1090. The highest BCUT2D eigenvalue weighted by Gasteiger charge is 2.41. The van der Waals surface area contributed by atoms with E-state index in [1.165, 1.54) is 19.1 Å². The first kappa shape index (κ1) is 23.2. The number of carbonyl (C=O) groups is 1. The molecule has 7 heteroatoms. The average Bonchev–Trinajstić information content (AvgIpc) is 2.83. The van der Waals surface area contributed by atoms with Crippen LogP contribution in [0.1, 0.15) is 12.0 Å². The van der Waals surface area contributed by atoms with E-state index in [9.17, 15) is 9.36 Å². The lowest BCUT2D eigenvalue weighted by Gasteiger charge is -2.34. The molecule has 3 rings (SSSR count). The summed E-state index contributed by atoms with van der Waals surface area (Å²) in [6.07, 6.45) is 4.03. The van der Waals surface area contributed by atoms with Gasteiger partial charge in [0.25, 0.3) is 0 Å². The van der Waals surface area contributed by atoms with Gasteiger partial charge in [0.05, 0.1) is 5.69 Å². The second kappa shape index (κ2) is 10.7. The van der Waals surface area contributed by atoms with E-state index in [4.69, 9.17) is 20.6 Å². The fourth-order valence-corrected chi connectivity index (χ4v) is 5.21. The quantitative estimate of drug-likeness (QED) is 0.278. The van der Waals surface area contributed by atoms with Gasteiger partial charge in [-0.05, 0) is 23.4 Å². The minimum atomic E-state index is -3.68. The molecule has 0 fully saturated rings. The monoisotopic (exact) mass is 457 g/mol. The van der Waals surface area contributed by atoms with Crippen molar-refractivity contribution in [3.63, 3.8) is 0 Å². The van der Waals surface area contributed by atoms with Crippen molar-refractivity contribution in [2.45, 2.75) is 12.2 Å². The summed E-state index contributed by atoms with van der Waals surface area (Å²) in [5.41, 5.74) is 1.60. The molecule has 3 aromatic rings. The Morgan fingerprint density at radius 2 is 1.65 bits per heavy atom. The van der Waals surface area contributed by atoms with Crippen LogP contribution in [0.15, 0.2) is 78.9 Å². The Hall–Kier alpha value is -2.43. The SMILES string of the molecule is COP(=O)(OC)C(C/C=C/c1ccccc1)N(C(=O)CCl)c1cccc2ccccc12. The highest BCUT2D eigenvalue weighted by molar-refractivity contribution is 7.54. The number of alkyl halides is 1. The number of rotatable bonds is 9. The maximum atomic E-state index is 13.5. The Morgan fingerprint density at radius 3 is 2.32 bits per heavy atom. The minimum absolute atomic E-state index is 0.250. The van der Waals surface area contributed by atoms with Crippen LogP contribution in [0.4, 0.5) is 5.69 Å². The van der Waals surface area contributed by atoms with Gasteiger partial charge < -0.3 is 9.05 Å². The van der Waals surface area contributed by atoms with Crippen molar-refractivity contribution in [3.8, 4) is 0 Å². The van der Waals surface area contributed by atoms with E-state index >= 15 is 0 Å². The Labute approximate surface area is 187 Å². The van der Waals surface area contributed by atoms with Crippen LogP contribution in [0.2, 0.25) is 0 Å². The summed E-state index contributed by atoms with van der Waals surface area (Å²) in [5.74, 6) is -1.54. The lowest BCUT2D eigenvalue weighted by Crippen LogP contribution is -2.41. The van der Waals surface area contributed by atoms with Crippen molar-refractivity contribution in [3.05, 3.63) is 84.4 Å². The molecule has 5 nitrogen and oxygen atoms in total. The maximum Gasteiger partial charge on any atom is 0.353 e. The Balaban J connectivity index is 2.10. The van der Waals surface area contributed by atoms with Crippen molar-refractivity contribution in [1.29, 1.82) is 0 Å². The lowest BCUT2D eigenvalue weighted by atomic mass is 10.1. The highest BCUT2D eigenvalue weighted by atomic mass is 35.5. The standard InChI is InChI=1S/C24H25ClNO4P/c1-29-31(28,30-2)24(17-8-12-19-10-4-3-5-11-19)26(23(27)18-25)22-16-9-14-20-13-6-7-15-21(20)22/h3-16,24H,17-18H2,1-2H3/b12-8+. The van der Waals surface area contributed by atoms with Gasteiger partial charge in [-0.2, -0.15) is 0 Å². The summed E-state index contributed by atoms with van der Waals surface area (Å²) in [6, 6.07) is 23.1. The highest BCUT2D eigenvalue weighted by Crippen LogP contribution is 2.55. The molecule has 0 saturated carbocycles. The van der Waals surface area contributed by atoms with Crippen LogP contribution >= 0.6 is 19.2 Å². The molecule has 1 unspecified atom stereocenters. The molecule has 0 aromatic heterocycles. The van der Waals surface area contributed by atoms with Crippen LogP contribution in [-0.4, -0.2) is 31.8 Å². The van der Waals surface area contributed by atoms with Crippen molar-refractivity contribution in [1.82, 2.24) is 0 Å². The summed E-state index contributed by atoms with van der Waals surface area (Å²) >= 11 is 5.98. The molecule has 31 heavy (non-hydrogen) atoms. The molecule has 0 aliphatic rings. The van der Waals surface area contributed by atoms with Gasteiger partial charge in [0, 0.05) is 19.6 Å². The van der Waals surface area contributed by atoms with E-state index in [1.807, 2.05) is 84.9 Å². The molecule has 0 saturated heterocycles. The molecular formula is C24H25ClNO4P. The molecule has 0 aliphatic heterocycles. The molecule has 1 atom stereocenters.